The van der Waals surface area contributed by atoms with E-state index in [0.29, 0.717) is 15.9 Å². The van der Waals surface area contributed by atoms with E-state index in [4.69, 9.17) is 5.73 Å². The summed E-state index contributed by atoms with van der Waals surface area (Å²) < 4.78 is 93.9. The molecule has 0 heterocycles. The second-order valence-corrected chi connectivity index (χ2v) is 10.6. The van der Waals surface area contributed by atoms with Crippen LogP contribution in [0, 0.1) is 6.92 Å². The molecule has 2 aromatic carbocycles. The Morgan fingerprint density at radius 1 is 0.968 bits per heavy atom. The summed E-state index contributed by atoms with van der Waals surface area (Å²) in [7, 11) is -8.77. The van der Waals surface area contributed by atoms with Crippen LogP contribution in [-0.4, -0.2) is 40.1 Å². The SMILES string of the molecule is CCN(CC)S(=O)(=O)CN(c1cccc(C)c1)S(=O)(=O)c1ccc(N)c(C(F)(F)F)c1. The first-order valence-corrected chi connectivity index (χ1v) is 12.3. The van der Waals surface area contributed by atoms with Gasteiger partial charge in [-0.2, -0.15) is 13.2 Å². The van der Waals surface area contributed by atoms with Gasteiger partial charge in [-0.3, -0.25) is 0 Å². The third kappa shape index (κ3) is 5.49. The molecule has 0 spiro atoms. The summed E-state index contributed by atoms with van der Waals surface area (Å²) in [6.45, 7) is 5.10. The molecule has 0 atom stereocenters. The molecule has 0 saturated carbocycles. The van der Waals surface area contributed by atoms with Gasteiger partial charge in [0, 0.05) is 18.8 Å². The Kier molecular flexibility index (Phi) is 7.28. The monoisotopic (exact) mass is 479 g/mol. The molecule has 0 amide bonds. The molecule has 7 nitrogen and oxygen atoms in total. The van der Waals surface area contributed by atoms with Gasteiger partial charge in [0.25, 0.3) is 10.0 Å². The highest BCUT2D eigenvalue weighted by molar-refractivity contribution is 7.95. The van der Waals surface area contributed by atoms with Crippen LogP contribution in [0.4, 0.5) is 24.5 Å². The van der Waals surface area contributed by atoms with Gasteiger partial charge in [0.1, 0.15) is 0 Å². The maximum atomic E-state index is 13.3. The van der Waals surface area contributed by atoms with Crippen molar-refractivity contribution in [1.29, 1.82) is 0 Å². The average Bonchev–Trinajstić information content (AvgIpc) is 2.66. The zero-order chi connectivity index (χ0) is 23.6. The lowest BCUT2D eigenvalue weighted by Crippen LogP contribution is -2.42. The molecule has 31 heavy (non-hydrogen) atoms. The maximum absolute atomic E-state index is 13.3. The quantitative estimate of drug-likeness (QED) is 0.585. The van der Waals surface area contributed by atoms with Crippen molar-refractivity contribution in [2.24, 2.45) is 0 Å². The van der Waals surface area contributed by atoms with Crippen LogP contribution in [0.1, 0.15) is 25.0 Å². The van der Waals surface area contributed by atoms with Crippen molar-refractivity contribution in [1.82, 2.24) is 4.31 Å². The largest absolute Gasteiger partial charge is 0.418 e. The molecule has 0 aliphatic heterocycles. The van der Waals surface area contributed by atoms with Crippen LogP contribution in [0.3, 0.4) is 0 Å². The fourth-order valence-corrected chi connectivity index (χ4v) is 6.48. The highest BCUT2D eigenvalue weighted by atomic mass is 32.2. The maximum Gasteiger partial charge on any atom is 0.418 e. The standard InChI is InChI=1S/C19H24F3N3O4S2/c1-4-24(5-2)30(26,27)13-25(15-8-6-7-14(3)11-15)31(28,29)16-9-10-18(23)17(12-16)19(20,21)22/h6-12H,4-5,13,23H2,1-3H3. The molecule has 0 saturated heterocycles. The Bertz CT molecular complexity index is 1150. The third-order valence-corrected chi connectivity index (χ3v) is 8.41. The number of nitrogen functional groups attached to an aromatic ring is 1. The summed E-state index contributed by atoms with van der Waals surface area (Å²) >= 11 is 0. The van der Waals surface area contributed by atoms with Crippen molar-refractivity contribution in [3.63, 3.8) is 0 Å². The number of aryl methyl sites for hydroxylation is 1. The zero-order valence-corrected chi connectivity index (χ0v) is 18.9. The van der Waals surface area contributed by atoms with E-state index in [-0.39, 0.29) is 18.8 Å². The van der Waals surface area contributed by atoms with Gasteiger partial charge < -0.3 is 5.73 Å². The number of sulfonamides is 2. The zero-order valence-electron chi connectivity index (χ0n) is 17.2. The van der Waals surface area contributed by atoms with Gasteiger partial charge >= 0.3 is 6.18 Å². The van der Waals surface area contributed by atoms with Crippen LogP contribution in [0.5, 0.6) is 0 Å². The van der Waals surface area contributed by atoms with Crippen molar-refractivity contribution >= 4 is 31.4 Å². The number of benzene rings is 2. The number of rotatable bonds is 8. The molecule has 0 bridgehead atoms. The third-order valence-electron chi connectivity index (χ3n) is 4.59. The molecule has 0 unspecified atom stereocenters. The molecule has 2 rings (SSSR count). The molecule has 2 aromatic rings. The summed E-state index contributed by atoms with van der Waals surface area (Å²) in [4.78, 5) is -0.717. The van der Waals surface area contributed by atoms with Crippen LogP contribution >= 0.6 is 0 Å². The van der Waals surface area contributed by atoms with Gasteiger partial charge in [0.15, 0.2) is 5.88 Å². The smallest absolute Gasteiger partial charge is 0.398 e. The normalized spacial score (nSPS) is 12.9. The van der Waals surface area contributed by atoms with Crippen LogP contribution in [0.15, 0.2) is 47.4 Å². The molecule has 2 N–H and O–H groups in total. The highest BCUT2D eigenvalue weighted by Crippen LogP contribution is 2.36. The molecule has 0 fully saturated rings. The molecule has 0 aliphatic rings. The van der Waals surface area contributed by atoms with Crippen LogP contribution in [0.25, 0.3) is 0 Å². The van der Waals surface area contributed by atoms with E-state index in [2.05, 4.69) is 0 Å². The summed E-state index contributed by atoms with van der Waals surface area (Å²) in [6.07, 6.45) is -4.88. The molecule has 12 heteroatoms. The Balaban J connectivity index is 2.69. The number of halogens is 3. The molecule has 0 aliphatic carbocycles. The van der Waals surface area contributed by atoms with Gasteiger partial charge in [0.05, 0.1) is 16.1 Å². The topological polar surface area (TPSA) is 101 Å². The van der Waals surface area contributed by atoms with Crippen molar-refractivity contribution in [3.05, 3.63) is 53.6 Å². The van der Waals surface area contributed by atoms with Gasteiger partial charge in [-0.05, 0) is 42.8 Å². The van der Waals surface area contributed by atoms with Gasteiger partial charge in [0.2, 0.25) is 10.0 Å². The summed E-state index contributed by atoms with van der Waals surface area (Å²) in [6, 6.07) is 8.20. The van der Waals surface area contributed by atoms with Crippen LogP contribution in [0.2, 0.25) is 0 Å². The minimum atomic E-state index is -4.88. The second kappa shape index (κ2) is 9.05. The highest BCUT2D eigenvalue weighted by Gasteiger charge is 2.37. The number of alkyl halides is 3. The lowest BCUT2D eigenvalue weighted by molar-refractivity contribution is -0.137. The lowest BCUT2D eigenvalue weighted by atomic mass is 10.2. The summed E-state index contributed by atoms with van der Waals surface area (Å²) in [5.41, 5.74) is 4.08. The fraction of sp³-hybridized carbons (Fsp3) is 0.368. The van der Waals surface area contributed by atoms with Crippen molar-refractivity contribution < 1.29 is 30.0 Å². The minimum Gasteiger partial charge on any atom is -0.398 e. The van der Waals surface area contributed by atoms with E-state index in [0.717, 1.165) is 16.4 Å². The van der Waals surface area contributed by atoms with Crippen molar-refractivity contribution in [2.75, 3.05) is 29.0 Å². The number of hydrogen-bond donors (Lipinski definition) is 1. The summed E-state index contributed by atoms with van der Waals surface area (Å²) in [5.74, 6) is -0.966. The Morgan fingerprint density at radius 3 is 2.10 bits per heavy atom. The molecular formula is C19H24F3N3O4S2. The van der Waals surface area contributed by atoms with Crippen molar-refractivity contribution in [2.45, 2.75) is 31.8 Å². The predicted molar refractivity (Wildman–Crippen MR) is 113 cm³/mol. The molecule has 0 aromatic heterocycles. The Hall–Kier alpha value is -2.31. The first-order valence-electron chi connectivity index (χ1n) is 9.28. The number of hydrogen-bond acceptors (Lipinski definition) is 5. The Labute approximate surface area is 180 Å². The van der Waals surface area contributed by atoms with E-state index in [1.165, 1.54) is 18.2 Å². The van der Waals surface area contributed by atoms with Gasteiger partial charge in [-0.15, -0.1) is 0 Å². The predicted octanol–water partition coefficient (Wildman–Crippen LogP) is 3.42. The molecule has 172 valence electrons. The van der Waals surface area contributed by atoms with E-state index < -0.39 is 48.2 Å². The van der Waals surface area contributed by atoms with Crippen LogP contribution < -0.4 is 10.0 Å². The number of anilines is 2. The average molecular weight is 480 g/mol. The van der Waals surface area contributed by atoms with Crippen molar-refractivity contribution in [3.8, 4) is 0 Å². The van der Waals surface area contributed by atoms with E-state index in [9.17, 15) is 30.0 Å². The van der Waals surface area contributed by atoms with E-state index >= 15 is 0 Å². The summed E-state index contributed by atoms with van der Waals surface area (Å²) in [5, 5.41) is 0. The first kappa shape index (κ1) is 25.0. The van der Waals surface area contributed by atoms with Gasteiger partial charge in [-0.1, -0.05) is 26.0 Å². The lowest BCUT2D eigenvalue weighted by Gasteiger charge is -2.28. The first-order chi connectivity index (χ1) is 14.2. The minimum absolute atomic E-state index is 0.0149. The second-order valence-electron chi connectivity index (χ2n) is 6.76. The molecular weight excluding hydrogens is 455 g/mol. The fourth-order valence-electron chi connectivity index (χ4n) is 2.98. The van der Waals surface area contributed by atoms with E-state index in [1.807, 2.05) is 0 Å². The van der Waals surface area contributed by atoms with E-state index in [1.54, 1.807) is 26.8 Å². The Morgan fingerprint density at radius 2 is 1.58 bits per heavy atom. The van der Waals surface area contributed by atoms with Crippen LogP contribution in [-0.2, 0) is 26.2 Å². The number of nitrogens with two attached hydrogens (primary N) is 1. The number of nitrogens with zero attached hydrogens (tertiary/aromatic N) is 2. The van der Waals surface area contributed by atoms with Gasteiger partial charge in [-0.25, -0.2) is 25.4 Å². The molecule has 0 radical (unpaired) electrons.